The van der Waals surface area contributed by atoms with Gasteiger partial charge in [-0.05, 0) is 37.1 Å². The highest BCUT2D eigenvalue weighted by Gasteiger charge is 2.28. The van der Waals surface area contributed by atoms with Crippen LogP contribution in [0.2, 0.25) is 0 Å². The molecule has 1 aliphatic heterocycles. The molecule has 19 heavy (non-hydrogen) atoms. The molecule has 1 aliphatic rings. The smallest absolute Gasteiger partial charge is 0.306 e. The Balaban J connectivity index is 0.00000180. The van der Waals surface area contributed by atoms with Gasteiger partial charge in [0.1, 0.15) is 0 Å². The summed E-state index contributed by atoms with van der Waals surface area (Å²) >= 11 is 0. The Hall–Kier alpha value is -1.27. The van der Waals surface area contributed by atoms with Crippen LogP contribution in [0.25, 0.3) is 0 Å². The average Bonchev–Trinajstić information content (AvgIpc) is 2.35. The van der Waals surface area contributed by atoms with Crippen LogP contribution in [0.5, 0.6) is 0 Å². The molecule has 7 heteroatoms. The third-order valence-corrected chi connectivity index (χ3v) is 3.16. The topological polar surface area (TPSA) is 49.3 Å². The summed E-state index contributed by atoms with van der Waals surface area (Å²) in [5.41, 5.74) is 0.234. The quantitative estimate of drug-likeness (QED) is 0.825. The van der Waals surface area contributed by atoms with E-state index >= 15 is 0 Å². The number of nitrogens with one attached hydrogen (secondary N) is 1. The number of rotatable bonds is 2. The Morgan fingerprint density at radius 2 is 1.84 bits per heavy atom. The predicted octanol–water partition coefficient (Wildman–Crippen LogP) is 2.65. The molecule has 0 amide bonds. The Morgan fingerprint density at radius 1 is 1.26 bits per heavy atom. The van der Waals surface area contributed by atoms with Gasteiger partial charge in [0.05, 0.1) is 5.92 Å². The lowest BCUT2D eigenvalue weighted by molar-refractivity contribution is -0.143. The van der Waals surface area contributed by atoms with Crippen LogP contribution in [0, 0.1) is 23.4 Å². The highest BCUT2D eigenvalue weighted by molar-refractivity contribution is 5.85. The lowest BCUT2D eigenvalue weighted by Crippen LogP contribution is -2.35. The molecule has 1 aromatic rings. The molecule has 0 bridgehead atoms. The Bertz CT molecular complexity index is 461. The average molecular weight is 296 g/mol. The molecule has 1 fully saturated rings. The molecule has 0 radical (unpaired) electrons. The SMILES string of the molecule is Cl.O=C(O)C1CCNC(c2cc(F)c(F)c(F)c2)C1. The van der Waals surface area contributed by atoms with Crippen molar-refractivity contribution in [2.45, 2.75) is 18.9 Å². The summed E-state index contributed by atoms with van der Waals surface area (Å²) in [7, 11) is 0. The summed E-state index contributed by atoms with van der Waals surface area (Å²) in [4.78, 5) is 10.9. The second kappa shape index (κ2) is 6.25. The van der Waals surface area contributed by atoms with E-state index in [1.165, 1.54) is 0 Å². The van der Waals surface area contributed by atoms with Gasteiger partial charge in [-0.2, -0.15) is 0 Å². The minimum atomic E-state index is -1.51. The molecule has 0 spiro atoms. The highest BCUT2D eigenvalue weighted by Crippen LogP contribution is 2.29. The third kappa shape index (κ3) is 3.39. The summed E-state index contributed by atoms with van der Waals surface area (Å²) in [6.45, 7) is 0.447. The van der Waals surface area contributed by atoms with Crippen LogP contribution in [0.15, 0.2) is 12.1 Å². The lowest BCUT2D eigenvalue weighted by atomic mass is 9.89. The van der Waals surface area contributed by atoms with Crippen LogP contribution in [-0.4, -0.2) is 17.6 Å². The standard InChI is InChI=1S/C12H12F3NO2.ClH/c13-8-3-7(4-9(14)11(8)15)10-5-6(12(17)18)1-2-16-10;/h3-4,6,10,16H,1-2,5H2,(H,17,18);1H. The van der Waals surface area contributed by atoms with Gasteiger partial charge in [-0.25, -0.2) is 13.2 Å². The van der Waals surface area contributed by atoms with Gasteiger partial charge < -0.3 is 10.4 Å². The minimum absolute atomic E-state index is 0. The first-order chi connectivity index (χ1) is 8.49. The summed E-state index contributed by atoms with van der Waals surface area (Å²) < 4.78 is 39.0. The molecule has 0 aliphatic carbocycles. The maximum Gasteiger partial charge on any atom is 0.306 e. The van der Waals surface area contributed by atoms with Gasteiger partial charge in [0.15, 0.2) is 17.5 Å². The Labute approximate surface area is 114 Å². The number of halogens is 4. The van der Waals surface area contributed by atoms with Crippen molar-refractivity contribution in [2.24, 2.45) is 5.92 Å². The number of benzene rings is 1. The van der Waals surface area contributed by atoms with Gasteiger partial charge in [-0.1, -0.05) is 0 Å². The molecule has 1 aromatic carbocycles. The van der Waals surface area contributed by atoms with Crippen LogP contribution < -0.4 is 5.32 Å². The normalized spacial score (nSPS) is 22.7. The molecule has 2 atom stereocenters. The number of carbonyl (C=O) groups is 1. The molecule has 2 N–H and O–H groups in total. The van der Waals surface area contributed by atoms with Crippen molar-refractivity contribution in [1.29, 1.82) is 0 Å². The fraction of sp³-hybridized carbons (Fsp3) is 0.417. The van der Waals surface area contributed by atoms with Crippen molar-refractivity contribution in [2.75, 3.05) is 6.54 Å². The van der Waals surface area contributed by atoms with E-state index in [-0.39, 0.29) is 24.4 Å². The van der Waals surface area contributed by atoms with Crippen LogP contribution in [-0.2, 0) is 4.79 Å². The van der Waals surface area contributed by atoms with Crippen molar-refractivity contribution in [1.82, 2.24) is 5.32 Å². The van der Waals surface area contributed by atoms with E-state index in [2.05, 4.69) is 5.32 Å². The van der Waals surface area contributed by atoms with Crippen molar-refractivity contribution in [3.63, 3.8) is 0 Å². The summed E-state index contributed by atoms with van der Waals surface area (Å²) in [6.07, 6.45) is 0.706. The first kappa shape index (κ1) is 15.8. The van der Waals surface area contributed by atoms with E-state index in [1.807, 2.05) is 0 Å². The van der Waals surface area contributed by atoms with E-state index in [1.54, 1.807) is 0 Å². The number of piperidine rings is 1. The van der Waals surface area contributed by atoms with E-state index < -0.39 is 35.4 Å². The predicted molar refractivity (Wildman–Crippen MR) is 64.7 cm³/mol. The first-order valence-corrected chi connectivity index (χ1v) is 5.59. The zero-order valence-corrected chi connectivity index (χ0v) is 10.6. The molecule has 106 valence electrons. The van der Waals surface area contributed by atoms with Crippen molar-refractivity contribution < 1.29 is 23.1 Å². The highest BCUT2D eigenvalue weighted by atomic mass is 35.5. The molecular formula is C12H13ClF3NO2. The Morgan fingerprint density at radius 3 is 2.37 bits per heavy atom. The van der Waals surface area contributed by atoms with Gasteiger partial charge in [0, 0.05) is 6.04 Å². The van der Waals surface area contributed by atoms with E-state index in [0.29, 0.717) is 13.0 Å². The third-order valence-electron chi connectivity index (χ3n) is 3.16. The van der Waals surface area contributed by atoms with Crippen LogP contribution in [0.3, 0.4) is 0 Å². The van der Waals surface area contributed by atoms with E-state index in [4.69, 9.17) is 5.11 Å². The number of carboxylic acids is 1. The summed E-state index contributed by atoms with van der Waals surface area (Å²) in [6, 6.07) is 1.34. The second-order valence-corrected chi connectivity index (χ2v) is 4.36. The van der Waals surface area contributed by atoms with Gasteiger partial charge >= 0.3 is 5.97 Å². The van der Waals surface area contributed by atoms with Crippen LogP contribution in [0.4, 0.5) is 13.2 Å². The molecule has 0 saturated carbocycles. The van der Waals surface area contributed by atoms with Crippen molar-refractivity contribution in [3.8, 4) is 0 Å². The number of carboxylic acid groups (broad SMARTS) is 1. The maximum atomic E-state index is 13.1. The fourth-order valence-corrected chi connectivity index (χ4v) is 2.17. The largest absolute Gasteiger partial charge is 0.481 e. The fourth-order valence-electron chi connectivity index (χ4n) is 2.17. The molecule has 2 unspecified atom stereocenters. The first-order valence-electron chi connectivity index (χ1n) is 5.59. The molecule has 3 nitrogen and oxygen atoms in total. The van der Waals surface area contributed by atoms with Gasteiger partial charge in [-0.15, -0.1) is 12.4 Å². The van der Waals surface area contributed by atoms with E-state index in [9.17, 15) is 18.0 Å². The molecular weight excluding hydrogens is 283 g/mol. The maximum absolute atomic E-state index is 13.1. The van der Waals surface area contributed by atoms with Crippen LogP contribution >= 0.6 is 12.4 Å². The number of aliphatic carboxylic acids is 1. The van der Waals surface area contributed by atoms with E-state index in [0.717, 1.165) is 12.1 Å². The summed E-state index contributed by atoms with van der Waals surface area (Å²) in [5, 5.41) is 11.9. The number of hydrogen-bond acceptors (Lipinski definition) is 2. The zero-order chi connectivity index (χ0) is 13.3. The molecule has 1 heterocycles. The second-order valence-electron chi connectivity index (χ2n) is 4.36. The van der Waals surface area contributed by atoms with Gasteiger partial charge in [0.25, 0.3) is 0 Å². The monoisotopic (exact) mass is 295 g/mol. The minimum Gasteiger partial charge on any atom is -0.481 e. The molecule has 1 saturated heterocycles. The molecule has 0 aromatic heterocycles. The number of hydrogen-bond donors (Lipinski definition) is 2. The van der Waals surface area contributed by atoms with Crippen LogP contribution in [0.1, 0.15) is 24.4 Å². The lowest BCUT2D eigenvalue weighted by Gasteiger charge is -2.28. The molecule has 2 rings (SSSR count). The van der Waals surface area contributed by atoms with Gasteiger partial charge in [0.2, 0.25) is 0 Å². The Kier molecular flexibility index (Phi) is 5.20. The summed E-state index contributed by atoms with van der Waals surface area (Å²) in [5.74, 6) is -5.50. The van der Waals surface area contributed by atoms with Gasteiger partial charge in [-0.3, -0.25) is 4.79 Å². The van der Waals surface area contributed by atoms with Crippen molar-refractivity contribution >= 4 is 18.4 Å². The zero-order valence-electron chi connectivity index (χ0n) is 9.83. The van der Waals surface area contributed by atoms with Crippen molar-refractivity contribution in [3.05, 3.63) is 35.1 Å².